The van der Waals surface area contributed by atoms with Crippen LogP contribution in [-0.2, 0) is 4.74 Å². The van der Waals surface area contributed by atoms with Crippen LogP contribution >= 0.6 is 0 Å². The van der Waals surface area contributed by atoms with Gasteiger partial charge < -0.3 is 9.84 Å². The largest absolute Gasteiger partial charge is 0.478 e. The Labute approximate surface area is 98.6 Å². The van der Waals surface area contributed by atoms with E-state index < -0.39 is 12.1 Å². The summed E-state index contributed by atoms with van der Waals surface area (Å²) in [6.45, 7) is 4.17. The van der Waals surface area contributed by atoms with Crippen molar-refractivity contribution in [1.29, 1.82) is 0 Å². The Hall–Kier alpha value is -2.11. The molecule has 1 aromatic rings. The Morgan fingerprint density at radius 2 is 2.18 bits per heavy atom. The summed E-state index contributed by atoms with van der Waals surface area (Å²) in [7, 11) is 0. The molecule has 0 bridgehead atoms. The standard InChI is InChI=1S/C11H14N2O4/c1-7(2)6-17-11(16)13-9-4-3-8(5-12-9)10(14)15/h3-5,7H,6H2,1-2H3,(H,14,15)(H,12,13,16). The van der Waals surface area contributed by atoms with Crippen LogP contribution in [-0.4, -0.2) is 28.8 Å². The van der Waals surface area contributed by atoms with Gasteiger partial charge in [-0.1, -0.05) is 13.8 Å². The van der Waals surface area contributed by atoms with Crippen molar-refractivity contribution >= 4 is 17.9 Å². The molecule has 0 unspecified atom stereocenters. The van der Waals surface area contributed by atoms with E-state index in [2.05, 4.69) is 10.3 Å². The lowest BCUT2D eigenvalue weighted by atomic mass is 10.2. The van der Waals surface area contributed by atoms with Crippen LogP contribution in [0.3, 0.4) is 0 Å². The van der Waals surface area contributed by atoms with Crippen LogP contribution in [0.2, 0.25) is 0 Å². The minimum atomic E-state index is -1.06. The highest BCUT2D eigenvalue weighted by atomic mass is 16.5. The van der Waals surface area contributed by atoms with E-state index in [1.165, 1.54) is 18.3 Å². The van der Waals surface area contributed by atoms with Gasteiger partial charge in [0.15, 0.2) is 0 Å². The van der Waals surface area contributed by atoms with Crippen molar-refractivity contribution in [1.82, 2.24) is 4.98 Å². The molecule has 0 spiro atoms. The summed E-state index contributed by atoms with van der Waals surface area (Å²) in [6, 6.07) is 2.76. The molecule has 92 valence electrons. The minimum absolute atomic E-state index is 0.0612. The molecule has 6 heteroatoms. The van der Waals surface area contributed by atoms with Crippen LogP contribution < -0.4 is 5.32 Å². The Bertz CT molecular complexity index is 400. The average Bonchev–Trinajstić information content (AvgIpc) is 2.27. The summed E-state index contributed by atoms with van der Waals surface area (Å²) in [5, 5.41) is 11.0. The fourth-order valence-corrected chi connectivity index (χ4v) is 0.977. The van der Waals surface area contributed by atoms with Crippen molar-refractivity contribution in [2.45, 2.75) is 13.8 Å². The molecule has 6 nitrogen and oxygen atoms in total. The molecule has 0 saturated heterocycles. The number of ether oxygens (including phenoxy) is 1. The smallest absolute Gasteiger partial charge is 0.412 e. The zero-order valence-electron chi connectivity index (χ0n) is 9.64. The molecule has 2 N–H and O–H groups in total. The van der Waals surface area contributed by atoms with Crippen LogP contribution in [0.5, 0.6) is 0 Å². The lowest BCUT2D eigenvalue weighted by molar-refractivity contribution is 0.0696. The second-order valence-corrected chi connectivity index (χ2v) is 3.85. The second kappa shape index (κ2) is 5.83. The highest BCUT2D eigenvalue weighted by Gasteiger charge is 2.07. The number of hydrogen-bond donors (Lipinski definition) is 2. The third-order valence-electron chi connectivity index (χ3n) is 1.79. The number of carboxylic acid groups (broad SMARTS) is 1. The fourth-order valence-electron chi connectivity index (χ4n) is 0.977. The first-order chi connectivity index (χ1) is 7.99. The molecule has 1 heterocycles. The quantitative estimate of drug-likeness (QED) is 0.837. The van der Waals surface area contributed by atoms with Gasteiger partial charge in [-0.2, -0.15) is 0 Å². The van der Waals surface area contributed by atoms with Gasteiger partial charge in [-0.15, -0.1) is 0 Å². The lowest BCUT2D eigenvalue weighted by Gasteiger charge is -2.08. The van der Waals surface area contributed by atoms with Crippen molar-refractivity contribution in [3.8, 4) is 0 Å². The second-order valence-electron chi connectivity index (χ2n) is 3.85. The number of carboxylic acids is 1. The molecule has 0 atom stereocenters. The molecule has 17 heavy (non-hydrogen) atoms. The molecule has 1 aromatic heterocycles. The summed E-state index contributed by atoms with van der Waals surface area (Å²) < 4.78 is 4.88. The van der Waals surface area contributed by atoms with E-state index in [9.17, 15) is 9.59 Å². The monoisotopic (exact) mass is 238 g/mol. The number of anilines is 1. The summed E-state index contributed by atoms with van der Waals surface area (Å²) in [6.07, 6.45) is 0.565. The Balaban J connectivity index is 2.51. The molecule has 0 aliphatic rings. The average molecular weight is 238 g/mol. The van der Waals surface area contributed by atoms with E-state index in [4.69, 9.17) is 9.84 Å². The lowest BCUT2D eigenvalue weighted by Crippen LogP contribution is -2.17. The predicted octanol–water partition coefficient (Wildman–Crippen LogP) is 1.98. The third kappa shape index (κ3) is 4.50. The van der Waals surface area contributed by atoms with Crippen molar-refractivity contribution in [3.63, 3.8) is 0 Å². The summed E-state index contributed by atoms with van der Waals surface area (Å²) in [5.74, 6) is -0.557. The van der Waals surface area contributed by atoms with Crippen LogP contribution in [0.4, 0.5) is 10.6 Å². The first kappa shape index (κ1) is 13.0. The number of carbonyl (C=O) groups is 2. The number of nitrogens with one attached hydrogen (secondary N) is 1. The van der Waals surface area contributed by atoms with Crippen LogP contribution in [0.1, 0.15) is 24.2 Å². The number of aromatic carboxylic acids is 1. The Morgan fingerprint density at radius 1 is 1.47 bits per heavy atom. The molecule has 0 aliphatic carbocycles. The number of rotatable bonds is 4. The van der Waals surface area contributed by atoms with E-state index >= 15 is 0 Å². The van der Waals surface area contributed by atoms with Crippen molar-refractivity contribution < 1.29 is 19.4 Å². The molecule has 0 radical (unpaired) electrons. The molecular weight excluding hydrogens is 224 g/mol. The van der Waals surface area contributed by atoms with E-state index in [1.54, 1.807) is 0 Å². The van der Waals surface area contributed by atoms with Crippen LogP contribution in [0, 0.1) is 5.92 Å². The molecular formula is C11H14N2O4. The van der Waals surface area contributed by atoms with Gasteiger partial charge >= 0.3 is 12.1 Å². The number of amides is 1. The zero-order chi connectivity index (χ0) is 12.8. The van der Waals surface area contributed by atoms with Crippen molar-refractivity contribution in [2.24, 2.45) is 5.92 Å². The molecule has 0 aliphatic heterocycles. The number of carbonyl (C=O) groups excluding carboxylic acids is 1. The topological polar surface area (TPSA) is 88.5 Å². The maximum absolute atomic E-state index is 11.2. The van der Waals surface area contributed by atoms with Crippen LogP contribution in [0.15, 0.2) is 18.3 Å². The maximum atomic E-state index is 11.2. The first-order valence-corrected chi connectivity index (χ1v) is 5.12. The number of nitrogens with zero attached hydrogens (tertiary/aromatic N) is 1. The highest BCUT2D eigenvalue weighted by molar-refractivity contribution is 5.88. The number of hydrogen-bond acceptors (Lipinski definition) is 4. The van der Waals surface area contributed by atoms with Gasteiger partial charge in [0.1, 0.15) is 5.82 Å². The zero-order valence-corrected chi connectivity index (χ0v) is 9.64. The van der Waals surface area contributed by atoms with Gasteiger partial charge in [0, 0.05) is 6.20 Å². The Morgan fingerprint density at radius 3 is 2.65 bits per heavy atom. The number of aromatic nitrogens is 1. The first-order valence-electron chi connectivity index (χ1n) is 5.12. The third-order valence-corrected chi connectivity index (χ3v) is 1.79. The van der Waals surface area contributed by atoms with E-state index in [-0.39, 0.29) is 17.3 Å². The highest BCUT2D eigenvalue weighted by Crippen LogP contribution is 2.05. The van der Waals surface area contributed by atoms with Gasteiger partial charge in [0.25, 0.3) is 0 Å². The number of pyridine rings is 1. The summed E-state index contributed by atoms with van der Waals surface area (Å²) >= 11 is 0. The predicted molar refractivity (Wildman–Crippen MR) is 61.0 cm³/mol. The van der Waals surface area contributed by atoms with Crippen LogP contribution in [0.25, 0.3) is 0 Å². The van der Waals surface area contributed by atoms with Gasteiger partial charge in [-0.05, 0) is 18.1 Å². The minimum Gasteiger partial charge on any atom is -0.478 e. The molecule has 1 rings (SSSR count). The molecule has 0 aromatic carbocycles. The van der Waals surface area contributed by atoms with Gasteiger partial charge in [0.05, 0.1) is 12.2 Å². The van der Waals surface area contributed by atoms with Crippen molar-refractivity contribution in [3.05, 3.63) is 23.9 Å². The van der Waals surface area contributed by atoms with Gasteiger partial charge in [-0.25, -0.2) is 14.6 Å². The molecule has 0 saturated carbocycles. The van der Waals surface area contributed by atoms with Crippen molar-refractivity contribution in [2.75, 3.05) is 11.9 Å². The molecule has 1 amide bonds. The molecule has 0 fully saturated rings. The fraction of sp³-hybridized carbons (Fsp3) is 0.364. The van der Waals surface area contributed by atoms with Gasteiger partial charge in [0.2, 0.25) is 0 Å². The summed E-state index contributed by atoms with van der Waals surface area (Å²) in [4.78, 5) is 25.6. The Kier molecular flexibility index (Phi) is 4.45. The SMILES string of the molecule is CC(C)COC(=O)Nc1ccc(C(=O)O)cn1. The van der Waals surface area contributed by atoms with E-state index in [1.807, 2.05) is 13.8 Å². The maximum Gasteiger partial charge on any atom is 0.412 e. The van der Waals surface area contributed by atoms with E-state index in [0.717, 1.165) is 0 Å². The summed E-state index contributed by atoms with van der Waals surface area (Å²) in [5.41, 5.74) is 0.0612. The van der Waals surface area contributed by atoms with E-state index in [0.29, 0.717) is 6.61 Å². The van der Waals surface area contributed by atoms with Gasteiger partial charge in [-0.3, -0.25) is 5.32 Å². The normalized spacial score (nSPS) is 10.1.